The van der Waals surface area contributed by atoms with Gasteiger partial charge in [-0.3, -0.25) is 0 Å². The van der Waals surface area contributed by atoms with Crippen molar-refractivity contribution in [2.75, 3.05) is 0 Å². The van der Waals surface area contributed by atoms with Crippen molar-refractivity contribution in [1.82, 2.24) is 0 Å². The van der Waals surface area contributed by atoms with E-state index in [-0.39, 0.29) is 0 Å². The second kappa shape index (κ2) is 2.44. The van der Waals surface area contributed by atoms with Gasteiger partial charge in [-0.15, -0.1) is 0 Å². The van der Waals surface area contributed by atoms with E-state index in [2.05, 4.69) is 10.3 Å². The Hall–Kier alpha value is -0.460. The van der Waals surface area contributed by atoms with Crippen molar-refractivity contribution in [2.24, 2.45) is 10.3 Å². The van der Waals surface area contributed by atoms with Crippen LogP contribution in [0.4, 0.5) is 17.6 Å². The van der Waals surface area contributed by atoms with Crippen LogP contribution in [-0.4, -0.2) is 32.8 Å². The molecule has 90 valence electrons. The Bertz CT molecular complexity index is 468. The molecule has 12 heteroatoms. The smallest absolute Gasteiger partial charge is 0.226 e. The van der Waals surface area contributed by atoms with Crippen LogP contribution in [-0.2, 0) is 20.0 Å². The Balaban J connectivity index is 3.58. The fourth-order valence-electron chi connectivity index (χ4n) is 1.09. The molecule has 0 radical (unpaired) electrons. The minimum Gasteiger partial charge on any atom is -0.226 e. The fourth-order valence-corrected chi connectivity index (χ4v) is 3.74. The molecule has 0 saturated heterocycles. The van der Waals surface area contributed by atoms with Crippen LogP contribution in [0, 0.1) is 0 Å². The van der Waals surface area contributed by atoms with E-state index < -0.39 is 36.0 Å². The summed E-state index contributed by atoms with van der Waals surface area (Å²) in [6, 6.07) is 0. The lowest BCUT2D eigenvalue weighted by Crippen LogP contribution is -2.40. The van der Waals surface area contributed by atoms with Crippen LogP contribution >= 0.6 is 0 Å². The average Bonchev–Trinajstić information content (AvgIpc) is 2.29. The molecule has 6 nitrogen and oxygen atoms in total. The topological polar surface area (TPSA) is 120 Å². The average molecular weight is 272 g/mol. The third kappa shape index (κ3) is 0.996. The van der Waals surface area contributed by atoms with E-state index in [9.17, 15) is 34.4 Å². The van der Waals surface area contributed by atoms with Crippen LogP contribution in [0.2, 0.25) is 0 Å². The Morgan fingerprint density at radius 3 is 1.00 bits per heavy atom. The van der Waals surface area contributed by atoms with Crippen LogP contribution in [0.3, 0.4) is 0 Å². The van der Waals surface area contributed by atoms with Crippen molar-refractivity contribution in [2.45, 2.75) is 15.9 Å². The van der Waals surface area contributed by atoms with Gasteiger partial charge in [0.15, 0.2) is 0 Å². The van der Waals surface area contributed by atoms with Crippen molar-refractivity contribution < 1.29 is 34.4 Å². The summed E-state index contributed by atoms with van der Waals surface area (Å²) in [6.07, 6.45) is 0. The first kappa shape index (κ1) is 12.6. The van der Waals surface area contributed by atoms with Gasteiger partial charge in [-0.05, 0) is 0 Å². The summed E-state index contributed by atoms with van der Waals surface area (Å²) < 4.78 is 92.6. The number of primary sulfonamides is 2. The lowest BCUT2D eigenvalue weighted by molar-refractivity contribution is 0.0533. The van der Waals surface area contributed by atoms with Crippen molar-refractivity contribution in [3.8, 4) is 0 Å². The van der Waals surface area contributed by atoms with Gasteiger partial charge in [0.05, 0.1) is 0 Å². The maximum absolute atomic E-state index is 13.0. The van der Waals surface area contributed by atoms with Crippen LogP contribution < -0.4 is 10.3 Å². The molecule has 0 bridgehead atoms. The molecule has 15 heavy (non-hydrogen) atoms. The Labute approximate surface area is 81.3 Å². The lowest BCUT2D eigenvalue weighted by atomic mass is 10.8. The minimum atomic E-state index is -5.78. The van der Waals surface area contributed by atoms with Gasteiger partial charge < -0.3 is 0 Å². The number of halogens is 4. The van der Waals surface area contributed by atoms with Crippen molar-refractivity contribution in [3.05, 3.63) is 0 Å². The summed E-state index contributed by atoms with van der Waals surface area (Å²) >= 11 is 0. The molecule has 1 aliphatic rings. The molecular formula is C3H4F4N2O4S2. The monoisotopic (exact) mass is 272 g/mol. The maximum atomic E-state index is 13.0. The number of sulfonamides is 2. The predicted molar refractivity (Wildman–Crippen MR) is 38.8 cm³/mol. The molecule has 0 aromatic heterocycles. The van der Waals surface area contributed by atoms with E-state index in [0.29, 0.717) is 0 Å². The summed E-state index contributed by atoms with van der Waals surface area (Å²) in [7, 11) is -11.6. The first-order valence-electron chi connectivity index (χ1n) is 3.05. The van der Waals surface area contributed by atoms with Gasteiger partial charge >= 0.3 is 15.9 Å². The van der Waals surface area contributed by atoms with E-state index in [1.165, 1.54) is 0 Å². The zero-order valence-corrected chi connectivity index (χ0v) is 8.25. The Morgan fingerprint density at radius 2 is 0.933 bits per heavy atom. The predicted octanol–water partition coefficient (Wildman–Crippen LogP) is -1.46. The zero-order chi connectivity index (χ0) is 12.5. The van der Waals surface area contributed by atoms with Crippen molar-refractivity contribution >= 4 is 20.0 Å². The number of rotatable bonds is 2. The second-order valence-corrected chi connectivity index (χ2v) is 6.16. The molecule has 0 heterocycles. The SMILES string of the molecule is NS(=O)(=O)C1(F)C(F)(F)C1(F)S(N)(=O)=O. The molecule has 0 aliphatic heterocycles. The highest BCUT2D eigenvalue weighted by Crippen LogP contribution is 2.70. The van der Waals surface area contributed by atoms with Gasteiger partial charge in [0.1, 0.15) is 0 Å². The van der Waals surface area contributed by atoms with Gasteiger partial charge in [-0.25, -0.2) is 35.9 Å². The zero-order valence-electron chi connectivity index (χ0n) is 6.62. The normalized spacial score (nSPS) is 40.1. The largest absolute Gasteiger partial charge is 0.355 e. The Kier molecular flexibility index (Phi) is 2.05. The Morgan fingerprint density at radius 1 is 0.733 bits per heavy atom. The molecule has 1 fully saturated rings. The third-order valence-corrected chi connectivity index (χ3v) is 4.72. The molecule has 1 aliphatic carbocycles. The number of hydrogen-bond acceptors (Lipinski definition) is 4. The fraction of sp³-hybridized carbons (Fsp3) is 1.00. The molecule has 0 aromatic carbocycles. The van der Waals surface area contributed by atoms with Gasteiger partial charge in [-0.2, -0.15) is 8.78 Å². The molecular weight excluding hydrogens is 268 g/mol. The molecule has 0 spiro atoms. The van der Waals surface area contributed by atoms with E-state index >= 15 is 0 Å². The van der Waals surface area contributed by atoms with Gasteiger partial charge in [0.2, 0.25) is 0 Å². The summed E-state index contributed by atoms with van der Waals surface area (Å²) in [6.45, 7) is 0. The quantitative estimate of drug-likeness (QED) is 0.597. The molecule has 1 saturated carbocycles. The lowest BCUT2D eigenvalue weighted by Gasteiger charge is -2.04. The van der Waals surface area contributed by atoms with E-state index in [1.54, 1.807) is 0 Å². The molecule has 2 unspecified atom stereocenters. The summed E-state index contributed by atoms with van der Waals surface area (Å²) in [5, 5.41) is -2.12. The standard InChI is InChI=1S/C3H4F4N2O4S2/c4-1(5)2(6,14(8,10)11)3(1,7)15(9,12)13/h(H2,8,10,11)(H2,9,12,13). The third-order valence-electron chi connectivity index (χ3n) is 1.94. The second-order valence-electron chi connectivity index (χ2n) is 2.85. The van der Waals surface area contributed by atoms with Crippen LogP contribution in [0.15, 0.2) is 0 Å². The highest BCUT2D eigenvalue weighted by atomic mass is 32.2. The van der Waals surface area contributed by atoms with Gasteiger partial charge in [0, 0.05) is 0 Å². The van der Waals surface area contributed by atoms with Crippen molar-refractivity contribution in [1.29, 1.82) is 0 Å². The summed E-state index contributed by atoms with van der Waals surface area (Å²) in [4.78, 5) is 0. The molecule has 4 N–H and O–H groups in total. The van der Waals surface area contributed by atoms with E-state index in [4.69, 9.17) is 0 Å². The maximum Gasteiger partial charge on any atom is 0.355 e. The summed E-state index contributed by atoms with van der Waals surface area (Å²) in [5.41, 5.74) is 0. The van der Waals surface area contributed by atoms with Gasteiger partial charge in [-0.1, -0.05) is 0 Å². The first-order valence-corrected chi connectivity index (χ1v) is 6.14. The number of nitrogens with two attached hydrogens (primary N) is 2. The van der Waals surface area contributed by atoms with Crippen LogP contribution in [0.25, 0.3) is 0 Å². The number of hydrogen-bond donors (Lipinski definition) is 2. The molecule has 2 atom stereocenters. The number of alkyl halides is 4. The van der Waals surface area contributed by atoms with Gasteiger partial charge in [0.25, 0.3) is 20.0 Å². The minimum absolute atomic E-state index is 3.98. The van der Waals surface area contributed by atoms with Crippen LogP contribution in [0.5, 0.6) is 0 Å². The van der Waals surface area contributed by atoms with Crippen LogP contribution in [0.1, 0.15) is 0 Å². The highest BCUT2D eigenvalue weighted by Gasteiger charge is 3.07. The molecule has 0 aromatic rings. The van der Waals surface area contributed by atoms with E-state index in [1.807, 2.05) is 0 Å². The first-order chi connectivity index (χ1) is 6.25. The summed E-state index contributed by atoms with van der Waals surface area (Å²) in [5.74, 6) is -5.33. The highest BCUT2D eigenvalue weighted by molar-refractivity contribution is 7.96. The van der Waals surface area contributed by atoms with Crippen molar-refractivity contribution in [3.63, 3.8) is 0 Å². The molecule has 1 rings (SSSR count). The molecule has 0 amide bonds. The van der Waals surface area contributed by atoms with E-state index in [0.717, 1.165) is 0 Å².